The second-order valence-corrected chi connectivity index (χ2v) is 6.61. The molecular weight excluding hydrogens is 280 g/mol. The molecule has 1 aromatic carbocycles. The van der Waals surface area contributed by atoms with Gasteiger partial charge >= 0.3 is 5.97 Å². The van der Waals surface area contributed by atoms with Crippen molar-refractivity contribution in [2.45, 2.75) is 44.1 Å². The lowest BCUT2D eigenvalue weighted by molar-refractivity contribution is -0.191. The number of fused-ring (bicyclic) bond motifs is 3. The Morgan fingerprint density at radius 2 is 2.05 bits per heavy atom. The molecule has 0 unspecified atom stereocenters. The van der Waals surface area contributed by atoms with Gasteiger partial charge in [0.25, 0.3) is 0 Å². The largest absolute Gasteiger partial charge is 0.508 e. The van der Waals surface area contributed by atoms with Crippen molar-refractivity contribution in [3.63, 3.8) is 0 Å². The monoisotopic (exact) mass is 302 g/mol. The Hall–Kier alpha value is -1.81. The first-order valence-electron chi connectivity index (χ1n) is 7.87. The molecule has 0 amide bonds. The van der Waals surface area contributed by atoms with Crippen LogP contribution < -0.4 is 0 Å². The summed E-state index contributed by atoms with van der Waals surface area (Å²) in [5.41, 5.74) is 1.03. The van der Waals surface area contributed by atoms with Gasteiger partial charge < -0.3 is 14.9 Å². The topological polar surface area (TPSA) is 66.8 Å². The predicted octanol–water partition coefficient (Wildman–Crippen LogP) is 3.60. The first-order chi connectivity index (χ1) is 10.5. The molecule has 3 aliphatic rings. The molecule has 4 nitrogen and oxygen atoms in total. The summed E-state index contributed by atoms with van der Waals surface area (Å²) in [4.78, 5) is 10.5. The van der Waals surface area contributed by atoms with Gasteiger partial charge in [0.2, 0.25) is 0 Å². The van der Waals surface area contributed by atoms with Crippen molar-refractivity contribution in [3.05, 3.63) is 42.0 Å². The highest BCUT2D eigenvalue weighted by Crippen LogP contribution is 2.55. The highest BCUT2D eigenvalue weighted by molar-refractivity contribution is 5.79. The van der Waals surface area contributed by atoms with Crippen LogP contribution in [0.15, 0.2) is 36.4 Å². The number of rotatable bonds is 5. The molecule has 0 spiro atoms. The molecule has 2 aliphatic heterocycles. The van der Waals surface area contributed by atoms with Crippen LogP contribution in [0.4, 0.5) is 0 Å². The Bertz CT molecular complexity index is 566. The number of aromatic hydroxyl groups is 1. The van der Waals surface area contributed by atoms with E-state index in [1.807, 2.05) is 18.2 Å². The normalized spacial score (nSPS) is 30.7. The Kier molecular flexibility index (Phi) is 3.96. The summed E-state index contributed by atoms with van der Waals surface area (Å²) in [5, 5.41) is 18.3. The first kappa shape index (κ1) is 15.1. The molecular formula is C18H22O4. The van der Waals surface area contributed by atoms with Crippen molar-refractivity contribution >= 4 is 5.97 Å². The fourth-order valence-electron chi connectivity index (χ4n) is 3.82. The van der Waals surface area contributed by atoms with Crippen molar-refractivity contribution in [1.82, 2.24) is 0 Å². The quantitative estimate of drug-likeness (QED) is 0.816. The van der Waals surface area contributed by atoms with Crippen LogP contribution in [0.2, 0.25) is 0 Å². The zero-order valence-electron chi connectivity index (χ0n) is 12.6. The molecule has 118 valence electrons. The Balaban J connectivity index is 1.65. The Labute approximate surface area is 130 Å². The smallest absolute Gasteiger partial charge is 0.327 e. The van der Waals surface area contributed by atoms with E-state index in [9.17, 15) is 9.90 Å². The predicted molar refractivity (Wildman–Crippen MR) is 82.6 cm³/mol. The van der Waals surface area contributed by atoms with Crippen LogP contribution in [0.5, 0.6) is 5.75 Å². The molecule has 0 aromatic heterocycles. The van der Waals surface area contributed by atoms with E-state index in [1.54, 1.807) is 12.1 Å². The van der Waals surface area contributed by atoms with Gasteiger partial charge in [-0.3, -0.25) is 0 Å². The third-order valence-corrected chi connectivity index (χ3v) is 5.25. The number of carboxylic acids is 1. The van der Waals surface area contributed by atoms with Crippen molar-refractivity contribution < 1.29 is 19.7 Å². The summed E-state index contributed by atoms with van der Waals surface area (Å²) in [5.74, 6) is -0.597. The van der Waals surface area contributed by atoms with E-state index >= 15 is 0 Å². The zero-order valence-corrected chi connectivity index (χ0v) is 12.6. The van der Waals surface area contributed by atoms with Gasteiger partial charge in [-0.05, 0) is 61.6 Å². The van der Waals surface area contributed by atoms with E-state index in [0.717, 1.165) is 50.7 Å². The number of phenolic OH excluding ortho intramolecular Hbond substituents is 1. The third-order valence-electron chi connectivity index (χ3n) is 5.25. The van der Waals surface area contributed by atoms with Gasteiger partial charge in [-0.1, -0.05) is 18.2 Å². The second-order valence-electron chi connectivity index (χ2n) is 6.61. The van der Waals surface area contributed by atoms with Crippen molar-refractivity contribution in [2.75, 3.05) is 6.61 Å². The third kappa shape index (κ3) is 2.88. The number of hydrogen-bond acceptors (Lipinski definition) is 3. The van der Waals surface area contributed by atoms with Gasteiger partial charge in [-0.25, -0.2) is 4.79 Å². The maximum absolute atomic E-state index is 10.5. The van der Waals surface area contributed by atoms with Crippen LogP contribution in [-0.4, -0.2) is 22.8 Å². The van der Waals surface area contributed by atoms with Crippen LogP contribution >= 0.6 is 0 Å². The van der Waals surface area contributed by atoms with E-state index in [4.69, 9.17) is 9.84 Å². The molecule has 3 fully saturated rings. The summed E-state index contributed by atoms with van der Waals surface area (Å²) < 4.78 is 6.24. The number of hydrogen-bond donors (Lipinski definition) is 2. The number of ether oxygens (including phenoxy) is 1. The number of allylic oxidation sites excluding steroid dienone is 1. The average molecular weight is 302 g/mol. The molecule has 1 aromatic rings. The minimum absolute atomic E-state index is 0.196. The van der Waals surface area contributed by atoms with Crippen molar-refractivity contribution in [3.8, 4) is 5.75 Å². The molecule has 4 heteroatoms. The van der Waals surface area contributed by atoms with Gasteiger partial charge in [-0.15, -0.1) is 0 Å². The standard InChI is InChI=1S/C18H22O4/c19-15-5-3-4-14(12-15)18-10-8-17(9-11-18,13-22-18)7-2-1-6-16(20)21/h1,3-6,12,19H,2,7-11,13H2,(H,20,21). The van der Waals surface area contributed by atoms with Crippen LogP contribution in [0.3, 0.4) is 0 Å². The van der Waals surface area contributed by atoms with Crippen molar-refractivity contribution in [2.24, 2.45) is 5.41 Å². The molecule has 1 saturated carbocycles. The van der Waals surface area contributed by atoms with Gasteiger partial charge in [-0.2, -0.15) is 0 Å². The second kappa shape index (κ2) is 5.76. The fraction of sp³-hybridized carbons (Fsp3) is 0.500. The number of carbonyl (C=O) groups is 1. The zero-order chi connectivity index (χ0) is 15.6. The van der Waals surface area contributed by atoms with Gasteiger partial charge in [0.1, 0.15) is 5.75 Å². The van der Waals surface area contributed by atoms with E-state index < -0.39 is 5.97 Å². The lowest BCUT2D eigenvalue weighted by atomic mass is 9.62. The van der Waals surface area contributed by atoms with Gasteiger partial charge in [0.05, 0.1) is 12.2 Å². The van der Waals surface area contributed by atoms with E-state index in [1.165, 1.54) is 6.08 Å². The lowest BCUT2D eigenvalue weighted by Crippen LogP contribution is -2.49. The minimum atomic E-state index is -0.885. The molecule has 0 radical (unpaired) electrons. The summed E-state index contributed by atoms with van der Waals surface area (Å²) in [6.45, 7) is 0.726. The van der Waals surface area contributed by atoms with E-state index in [-0.39, 0.29) is 16.8 Å². The maximum atomic E-state index is 10.5. The van der Waals surface area contributed by atoms with E-state index in [0.29, 0.717) is 0 Å². The molecule has 0 atom stereocenters. The van der Waals surface area contributed by atoms with Gasteiger partial charge in [0.15, 0.2) is 0 Å². The number of carboxylic acid groups (broad SMARTS) is 1. The fourth-order valence-corrected chi connectivity index (χ4v) is 3.82. The van der Waals surface area contributed by atoms with Crippen LogP contribution in [0, 0.1) is 5.41 Å². The molecule has 2 bridgehead atoms. The van der Waals surface area contributed by atoms with Crippen LogP contribution in [0.25, 0.3) is 0 Å². The minimum Gasteiger partial charge on any atom is -0.508 e. The number of benzene rings is 1. The highest BCUT2D eigenvalue weighted by Gasteiger charge is 2.50. The average Bonchev–Trinajstić information content (AvgIpc) is 2.53. The highest BCUT2D eigenvalue weighted by atomic mass is 16.5. The summed E-state index contributed by atoms with van der Waals surface area (Å²) in [6, 6.07) is 7.41. The summed E-state index contributed by atoms with van der Waals surface area (Å²) >= 11 is 0. The van der Waals surface area contributed by atoms with Crippen molar-refractivity contribution in [1.29, 1.82) is 0 Å². The first-order valence-corrected chi connectivity index (χ1v) is 7.87. The summed E-state index contributed by atoms with van der Waals surface area (Å²) in [7, 11) is 0. The van der Waals surface area contributed by atoms with Crippen LogP contribution in [0.1, 0.15) is 44.1 Å². The lowest BCUT2D eigenvalue weighted by Gasteiger charge is -2.53. The molecule has 4 rings (SSSR count). The molecule has 2 heterocycles. The number of phenols is 1. The molecule has 22 heavy (non-hydrogen) atoms. The molecule has 2 N–H and O–H groups in total. The van der Waals surface area contributed by atoms with Crippen LogP contribution in [-0.2, 0) is 15.1 Å². The Morgan fingerprint density at radius 3 is 2.64 bits per heavy atom. The molecule has 1 aliphatic carbocycles. The summed E-state index contributed by atoms with van der Waals surface area (Å²) in [6.07, 6.45) is 8.87. The maximum Gasteiger partial charge on any atom is 0.327 e. The van der Waals surface area contributed by atoms with E-state index in [2.05, 4.69) is 0 Å². The SMILES string of the molecule is O=C(O)C=CCCC12CCC(c3cccc(O)c3)(CC1)OC2. The Morgan fingerprint density at radius 1 is 1.27 bits per heavy atom. The molecule has 2 saturated heterocycles. The number of aliphatic carboxylic acids is 1. The van der Waals surface area contributed by atoms with Gasteiger partial charge in [0, 0.05) is 6.08 Å².